The summed E-state index contributed by atoms with van der Waals surface area (Å²) in [5, 5.41) is 4.99. The molecule has 2 aliphatic heterocycles. The summed E-state index contributed by atoms with van der Waals surface area (Å²) >= 11 is 0. The highest BCUT2D eigenvalue weighted by Crippen LogP contribution is 2.43. The first-order valence-electron chi connectivity index (χ1n) is 20.2. The Hall–Kier alpha value is -7.76. The average Bonchev–Trinajstić information content (AvgIpc) is 3.82. The van der Waals surface area contributed by atoms with Crippen LogP contribution in [-0.4, -0.2) is 16.0 Å². The van der Waals surface area contributed by atoms with E-state index in [4.69, 9.17) is 9.39 Å². The van der Waals surface area contributed by atoms with Gasteiger partial charge in [-0.05, 0) is 89.0 Å². The molecule has 9 aromatic carbocycles. The SMILES string of the molecule is c1cc(-c2cc3c4c(c2)-c2ccccc2OB4c2cc(-c4ccccc4-n4c5ccccc5c5ccccc54)ccc2O3)cc(-n2c3ccccc3c3ccccc32)c1. The molecule has 0 saturated carbocycles. The topological polar surface area (TPSA) is 28.3 Å². The summed E-state index contributed by atoms with van der Waals surface area (Å²) in [5.74, 6) is 2.50. The summed E-state index contributed by atoms with van der Waals surface area (Å²) in [5.41, 5.74) is 15.7. The van der Waals surface area contributed by atoms with Crippen LogP contribution in [0.3, 0.4) is 0 Å². The molecule has 59 heavy (non-hydrogen) atoms. The van der Waals surface area contributed by atoms with Crippen LogP contribution in [0, 0.1) is 0 Å². The van der Waals surface area contributed by atoms with E-state index in [1.165, 1.54) is 43.6 Å². The molecule has 0 saturated heterocycles. The van der Waals surface area contributed by atoms with Crippen LogP contribution < -0.4 is 20.3 Å². The van der Waals surface area contributed by atoms with Gasteiger partial charge in [-0.2, -0.15) is 0 Å². The number of hydrogen-bond acceptors (Lipinski definition) is 2. The predicted molar refractivity (Wildman–Crippen MR) is 244 cm³/mol. The van der Waals surface area contributed by atoms with Crippen LogP contribution in [0.25, 0.3) is 88.4 Å². The minimum Gasteiger partial charge on any atom is -0.551 e. The van der Waals surface area contributed by atoms with Gasteiger partial charge >= 0.3 is 6.92 Å². The Morgan fingerprint density at radius 2 is 0.949 bits per heavy atom. The molecule has 0 spiro atoms. The van der Waals surface area contributed by atoms with Crippen molar-refractivity contribution in [3.05, 3.63) is 200 Å². The van der Waals surface area contributed by atoms with E-state index >= 15 is 0 Å². The van der Waals surface area contributed by atoms with Crippen molar-refractivity contribution < 1.29 is 9.39 Å². The van der Waals surface area contributed by atoms with E-state index < -0.39 is 0 Å². The van der Waals surface area contributed by atoms with E-state index in [0.29, 0.717) is 0 Å². The standard InChI is InChI=1S/C54H33BN2O2/c1-7-22-46(57-49-25-10-4-19-41(49)42-20-5-11-26-50(42)57)38(16-1)35-28-29-52-45(32-35)55-54-44(43-21-6-12-27-51(43)59-55)31-36(33-53(54)58-52)34-14-13-15-37(30-34)56-47-23-8-2-17-39(47)40-18-3-9-24-48(40)56/h1-33H. The summed E-state index contributed by atoms with van der Waals surface area (Å²) < 4.78 is 18.7. The molecule has 0 aliphatic carbocycles. The molecule has 4 nitrogen and oxygen atoms in total. The van der Waals surface area contributed by atoms with Crippen LogP contribution >= 0.6 is 0 Å². The Balaban J connectivity index is 0.957. The van der Waals surface area contributed by atoms with Gasteiger partial charge in [0.15, 0.2) is 0 Å². The van der Waals surface area contributed by atoms with E-state index in [1.54, 1.807) is 0 Å². The van der Waals surface area contributed by atoms with Crippen molar-refractivity contribution in [2.75, 3.05) is 0 Å². The van der Waals surface area contributed by atoms with Gasteiger partial charge in [-0.15, -0.1) is 0 Å². The number of hydrogen-bond donors (Lipinski definition) is 0. The molecular formula is C54H33BN2O2. The monoisotopic (exact) mass is 752 g/mol. The highest BCUT2D eigenvalue weighted by atomic mass is 16.5. The molecule has 2 aromatic heterocycles. The molecule has 2 aliphatic rings. The maximum absolute atomic E-state index is 6.98. The Morgan fingerprint density at radius 3 is 1.64 bits per heavy atom. The molecule has 11 aromatic rings. The summed E-state index contributed by atoms with van der Waals surface area (Å²) in [4.78, 5) is 0. The first kappa shape index (κ1) is 32.3. The molecular weight excluding hydrogens is 719 g/mol. The Morgan fingerprint density at radius 1 is 0.356 bits per heavy atom. The smallest absolute Gasteiger partial charge is 0.434 e. The van der Waals surface area contributed by atoms with Crippen molar-refractivity contribution in [1.29, 1.82) is 0 Å². The number of ether oxygens (including phenoxy) is 1. The highest BCUT2D eigenvalue weighted by Gasteiger charge is 2.41. The van der Waals surface area contributed by atoms with Gasteiger partial charge in [0.25, 0.3) is 0 Å². The van der Waals surface area contributed by atoms with Crippen LogP contribution in [0.4, 0.5) is 0 Å². The summed E-state index contributed by atoms with van der Waals surface area (Å²) in [6.07, 6.45) is 0. The Kier molecular flexibility index (Phi) is 6.78. The van der Waals surface area contributed by atoms with Crippen LogP contribution in [0.5, 0.6) is 17.2 Å². The third-order valence-corrected chi connectivity index (χ3v) is 12.4. The van der Waals surface area contributed by atoms with Crippen LogP contribution in [0.15, 0.2) is 200 Å². The van der Waals surface area contributed by atoms with E-state index in [9.17, 15) is 0 Å². The summed E-state index contributed by atoms with van der Waals surface area (Å²) in [7, 11) is 0. The fraction of sp³-hybridized carbons (Fsp3) is 0. The largest absolute Gasteiger partial charge is 0.551 e. The minimum atomic E-state index is -0.336. The molecule has 5 heteroatoms. The quantitative estimate of drug-likeness (QED) is 0.168. The van der Waals surface area contributed by atoms with Gasteiger partial charge in [-0.3, -0.25) is 0 Å². The van der Waals surface area contributed by atoms with Crippen LogP contribution in [-0.2, 0) is 0 Å². The lowest BCUT2D eigenvalue weighted by Crippen LogP contribution is -2.53. The molecule has 13 rings (SSSR count). The number of aromatic nitrogens is 2. The van der Waals surface area contributed by atoms with Gasteiger partial charge in [0.2, 0.25) is 0 Å². The summed E-state index contributed by atoms with van der Waals surface area (Å²) in [6.45, 7) is -0.336. The normalized spacial score (nSPS) is 12.6. The zero-order chi connectivity index (χ0) is 38.6. The van der Waals surface area contributed by atoms with Crippen molar-refractivity contribution in [1.82, 2.24) is 9.13 Å². The second-order valence-electron chi connectivity index (χ2n) is 15.6. The predicted octanol–water partition coefficient (Wildman–Crippen LogP) is 12.5. The Bertz CT molecular complexity index is 3430. The van der Waals surface area contributed by atoms with Gasteiger partial charge in [-0.25, -0.2) is 0 Å². The molecule has 0 unspecified atom stereocenters. The highest BCUT2D eigenvalue weighted by molar-refractivity contribution is 6.84. The van der Waals surface area contributed by atoms with Crippen molar-refractivity contribution in [2.24, 2.45) is 0 Å². The molecule has 274 valence electrons. The van der Waals surface area contributed by atoms with Crippen molar-refractivity contribution in [3.8, 4) is 62.0 Å². The molecule has 0 bridgehead atoms. The van der Waals surface area contributed by atoms with E-state index in [2.05, 4.69) is 209 Å². The van der Waals surface area contributed by atoms with Crippen LogP contribution in [0.2, 0.25) is 0 Å². The molecule has 4 heterocycles. The number of nitrogens with zero attached hydrogens (tertiary/aromatic N) is 2. The summed E-state index contributed by atoms with van der Waals surface area (Å²) in [6, 6.07) is 71.7. The zero-order valence-electron chi connectivity index (χ0n) is 31.8. The third-order valence-electron chi connectivity index (χ3n) is 12.4. The first-order chi connectivity index (χ1) is 29.3. The number of fused-ring (bicyclic) bond motifs is 10. The zero-order valence-corrected chi connectivity index (χ0v) is 31.8. The molecule has 0 fully saturated rings. The van der Waals surface area contributed by atoms with Gasteiger partial charge in [-0.1, -0.05) is 133 Å². The van der Waals surface area contributed by atoms with E-state index in [1.807, 2.05) is 0 Å². The van der Waals surface area contributed by atoms with Gasteiger partial charge in [0, 0.05) is 49.3 Å². The van der Waals surface area contributed by atoms with Crippen molar-refractivity contribution >= 4 is 61.5 Å². The molecule has 0 amide bonds. The fourth-order valence-corrected chi connectivity index (χ4v) is 9.82. The maximum Gasteiger partial charge on any atom is 0.434 e. The Labute approximate surface area is 340 Å². The average molecular weight is 753 g/mol. The fourth-order valence-electron chi connectivity index (χ4n) is 9.82. The van der Waals surface area contributed by atoms with Crippen LogP contribution in [0.1, 0.15) is 0 Å². The number of benzene rings is 9. The second kappa shape index (κ2) is 12.4. The number of para-hydroxylation sites is 6. The molecule has 0 atom stereocenters. The van der Waals surface area contributed by atoms with Crippen molar-refractivity contribution in [3.63, 3.8) is 0 Å². The van der Waals surface area contributed by atoms with Crippen molar-refractivity contribution in [2.45, 2.75) is 0 Å². The molecule has 0 radical (unpaired) electrons. The second-order valence-corrected chi connectivity index (χ2v) is 15.6. The first-order valence-corrected chi connectivity index (χ1v) is 20.2. The molecule has 0 N–H and O–H groups in total. The lowest BCUT2D eigenvalue weighted by Gasteiger charge is -2.33. The van der Waals surface area contributed by atoms with Gasteiger partial charge in [0.1, 0.15) is 17.2 Å². The number of rotatable bonds is 4. The lowest BCUT2D eigenvalue weighted by atomic mass is 9.50. The van der Waals surface area contributed by atoms with E-state index in [0.717, 1.165) is 72.9 Å². The maximum atomic E-state index is 6.98. The van der Waals surface area contributed by atoms with E-state index in [-0.39, 0.29) is 6.92 Å². The van der Waals surface area contributed by atoms with Gasteiger partial charge in [0.05, 0.1) is 27.8 Å². The van der Waals surface area contributed by atoms with Gasteiger partial charge < -0.3 is 18.5 Å². The third kappa shape index (κ3) is 4.73. The minimum absolute atomic E-state index is 0.336. The lowest BCUT2D eigenvalue weighted by molar-refractivity contribution is 0.479.